The largest absolute Gasteiger partial charge is 0.488 e. The smallest absolute Gasteiger partial charge is 0.167 e. The molecule has 0 unspecified atom stereocenters. The summed E-state index contributed by atoms with van der Waals surface area (Å²) in [5, 5.41) is 0. The monoisotopic (exact) mass is 328 g/mol. The number of ketones is 2. The van der Waals surface area contributed by atoms with E-state index in [0.717, 1.165) is 11.1 Å². The number of Topliss-reactive ketones (excluding diaryl/α,β-unsaturated/α-hetero) is 2. The van der Waals surface area contributed by atoms with Gasteiger partial charge in [0.15, 0.2) is 5.78 Å². The van der Waals surface area contributed by atoms with E-state index in [1.165, 1.54) is 19.1 Å². The van der Waals surface area contributed by atoms with Crippen molar-refractivity contribution in [3.05, 3.63) is 65.0 Å². The predicted octanol–water partition coefficient (Wildman–Crippen LogP) is 4.67. The van der Waals surface area contributed by atoms with Crippen LogP contribution in [0.4, 0.5) is 4.39 Å². The molecule has 1 aromatic carbocycles. The fourth-order valence-corrected chi connectivity index (χ4v) is 2.33. The molecule has 4 heteroatoms. The highest BCUT2D eigenvalue weighted by atomic mass is 19.1. The Bertz CT molecular complexity index is 726. The summed E-state index contributed by atoms with van der Waals surface area (Å²) in [6.07, 6.45) is 7.26. The van der Waals surface area contributed by atoms with Gasteiger partial charge in [0.05, 0.1) is 5.56 Å². The number of aryl methyl sites for hydroxylation is 1. The third kappa shape index (κ3) is 5.30. The van der Waals surface area contributed by atoms with Crippen molar-refractivity contribution in [3.63, 3.8) is 0 Å². The van der Waals surface area contributed by atoms with Gasteiger partial charge in [0.2, 0.25) is 0 Å². The molecule has 0 saturated heterocycles. The number of hydrogen-bond acceptors (Lipinski definition) is 3. The Labute approximate surface area is 141 Å². The van der Waals surface area contributed by atoms with Crippen LogP contribution in [-0.2, 0) is 4.79 Å². The molecule has 24 heavy (non-hydrogen) atoms. The molecule has 126 valence electrons. The third-order valence-electron chi connectivity index (χ3n) is 3.69. The van der Waals surface area contributed by atoms with Crippen LogP contribution in [0.2, 0.25) is 0 Å². The number of carbonyl (C=O) groups excluding carboxylic acids is 2. The number of benzene rings is 1. The van der Waals surface area contributed by atoms with Crippen molar-refractivity contribution in [2.45, 2.75) is 33.1 Å². The van der Waals surface area contributed by atoms with Gasteiger partial charge in [-0.3, -0.25) is 4.79 Å². The Kier molecular flexibility index (Phi) is 6.24. The Balaban J connectivity index is 2.11. The van der Waals surface area contributed by atoms with Crippen LogP contribution in [0.3, 0.4) is 0 Å². The minimum absolute atomic E-state index is 0.0114. The Morgan fingerprint density at radius 3 is 2.75 bits per heavy atom. The minimum Gasteiger partial charge on any atom is -0.488 e. The maximum atomic E-state index is 13.2. The van der Waals surface area contributed by atoms with Gasteiger partial charge in [-0.2, -0.15) is 0 Å². The van der Waals surface area contributed by atoms with E-state index in [4.69, 9.17) is 4.74 Å². The fourth-order valence-electron chi connectivity index (χ4n) is 2.33. The zero-order chi connectivity index (χ0) is 17.5. The summed E-state index contributed by atoms with van der Waals surface area (Å²) < 4.78 is 19.0. The zero-order valence-corrected chi connectivity index (χ0v) is 14.0. The summed E-state index contributed by atoms with van der Waals surface area (Å²) in [5.41, 5.74) is 2.36. The molecule has 0 amide bonds. The Morgan fingerprint density at radius 2 is 2.00 bits per heavy atom. The van der Waals surface area contributed by atoms with Crippen molar-refractivity contribution in [3.8, 4) is 5.75 Å². The summed E-state index contributed by atoms with van der Waals surface area (Å²) in [6.45, 7) is 3.65. The van der Waals surface area contributed by atoms with Crippen molar-refractivity contribution in [1.29, 1.82) is 0 Å². The number of halogens is 1. The average Bonchev–Trinajstić information content (AvgIpc) is 2.75. The maximum Gasteiger partial charge on any atom is 0.167 e. The second-order valence-electron chi connectivity index (χ2n) is 5.90. The minimum atomic E-state index is -0.291. The molecule has 1 aliphatic rings. The lowest BCUT2D eigenvalue weighted by molar-refractivity contribution is -0.116. The van der Waals surface area contributed by atoms with E-state index >= 15 is 0 Å². The summed E-state index contributed by atoms with van der Waals surface area (Å²) in [6, 6.07) is 5.41. The Hall–Kier alpha value is -2.49. The molecular weight excluding hydrogens is 307 g/mol. The van der Waals surface area contributed by atoms with Gasteiger partial charge in [0, 0.05) is 12.8 Å². The van der Waals surface area contributed by atoms with Crippen LogP contribution in [0.1, 0.15) is 42.1 Å². The summed E-state index contributed by atoms with van der Waals surface area (Å²) in [4.78, 5) is 23.4. The van der Waals surface area contributed by atoms with E-state index in [1.54, 1.807) is 24.3 Å². The number of rotatable bonds is 7. The summed E-state index contributed by atoms with van der Waals surface area (Å²) in [5.74, 6) is 0.0837. The van der Waals surface area contributed by atoms with Crippen LogP contribution in [0.25, 0.3) is 0 Å². The fraction of sp³-hybridized carbons (Fsp3) is 0.300. The van der Waals surface area contributed by atoms with Gasteiger partial charge in [-0.05, 0) is 50.1 Å². The molecule has 0 saturated carbocycles. The van der Waals surface area contributed by atoms with Gasteiger partial charge in [0.1, 0.15) is 24.0 Å². The van der Waals surface area contributed by atoms with E-state index in [2.05, 4.69) is 0 Å². The van der Waals surface area contributed by atoms with Crippen LogP contribution in [-0.4, -0.2) is 18.2 Å². The van der Waals surface area contributed by atoms with Crippen molar-refractivity contribution in [1.82, 2.24) is 0 Å². The molecule has 0 fully saturated rings. The van der Waals surface area contributed by atoms with Crippen molar-refractivity contribution in [2.75, 3.05) is 6.61 Å². The highest BCUT2D eigenvalue weighted by Gasteiger charge is 2.14. The van der Waals surface area contributed by atoms with E-state index < -0.39 is 0 Å². The van der Waals surface area contributed by atoms with Crippen LogP contribution in [0.15, 0.2) is 53.9 Å². The van der Waals surface area contributed by atoms with Crippen LogP contribution in [0, 0.1) is 6.92 Å². The molecule has 3 nitrogen and oxygen atoms in total. The molecular formula is C20H21FO3. The molecule has 0 heterocycles. The number of hydrogen-bond donors (Lipinski definition) is 0. The molecule has 0 spiro atoms. The first-order chi connectivity index (χ1) is 11.5. The molecule has 0 bridgehead atoms. The molecule has 1 aromatic rings. The van der Waals surface area contributed by atoms with Crippen LogP contribution >= 0.6 is 0 Å². The number of allylic oxidation sites excluding steroid dienone is 5. The predicted molar refractivity (Wildman–Crippen MR) is 92.0 cm³/mol. The van der Waals surface area contributed by atoms with Crippen molar-refractivity contribution in [2.24, 2.45) is 0 Å². The second-order valence-corrected chi connectivity index (χ2v) is 5.90. The average molecular weight is 328 g/mol. The standard InChI is InChI=1S/C20H21FO3/c1-14-6-11-20(18(12-14)19(23)10-7-15(2)22)24-13-16-4-3-5-17(21)9-8-16/h3,5-6,8-9,11-12H,4,7,10,13H2,1-2H3. The van der Waals surface area contributed by atoms with E-state index in [0.29, 0.717) is 17.7 Å². The number of carbonyl (C=O) groups is 2. The van der Waals surface area contributed by atoms with Crippen LogP contribution < -0.4 is 4.74 Å². The molecule has 0 aromatic heterocycles. The molecule has 0 aliphatic heterocycles. The Morgan fingerprint density at radius 1 is 1.21 bits per heavy atom. The lowest BCUT2D eigenvalue weighted by atomic mass is 10.0. The SMILES string of the molecule is CC(=O)CCC(=O)c1cc(C)ccc1OCC1=CC=C(F)C=CC1. The van der Waals surface area contributed by atoms with Crippen LogP contribution in [0.5, 0.6) is 5.75 Å². The first-order valence-corrected chi connectivity index (χ1v) is 7.93. The third-order valence-corrected chi connectivity index (χ3v) is 3.69. The van der Waals surface area contributed by atoms with Gasteiger partial charge < -0.3 is 9.53 Å². The maximum absolute atomic E-state index is 13.2. The van der Waals surface area contributed by atoms with E-state index in [-0.39, 0.29) is 36.8 Å². The van der Waals surface area contributed by atoms with Gasteiger partial charge in [-0.25, -0.2) is 4.39 Å². The first-order valence-electron chi connectivity index (χ1n) is 7.93. The van der Waals surface area contributed by atoms with Gasteiger partial charge in [-0.1, -0.05) is 23.8 Å². The summed E-state index contributed by atoms with van der Waals surface area (Å²) in [7, 11) is 0. The second kappa shape index (κ2) is 8.39. The lowest BCUT2D eigenvalue weighted by Crippen LogP contribution is -2.08. The highest BCUT2D eigenvalue weighted by Crippen LogP contribution is 2.24. The number of ether oxygens (including phenoxy) is 1. The molecule has 1 aliphatic carbocycles. The van der Waals surface area contributed by atoms with Gasteiger partial charge in [-0.15, -0.1) is 0 Å². The molecule has 0 radical (unpaired) electrons. The molecule has 2 rings (SSSR count). The van der Waals surface area contributed by atoms with Gasteiger partial charge >= 0.3 is 0 Å². The zero-order valence-electron chi connectivity index (χ0n) is 14.0. The van der Waals surface area contributed by atoms with E-state index in [1.807, 2.05) is 13.0 Å². The lowest BCUT2D eigenvalue weighted by Gasteiger charge is -2.13. The van der Waals surface area contributed by atoms with E-state index in [9.17, 15) is 14.0 Å². The van der Waals surface area contributed by atoms with Crippen molar-refractivity contribution < 1.29 is 18.7 Å². The van der Waals surface area contributed by atoms with Crippen molar-refractivity contribution >= 4 is 11.6 Å². The molecule has 0 N–H and O–H groups in total. The quantitative estimate of drug-likeness (QED) is 0.683. The summed E-state index contributed by atoms with van der Waals surface area (Å²) >= 11 is 0. The normalized spacial score (nSPS) is 13.8. The highest BCUT2D eigenvalue weighted by molar-refractivity contribution is 6.00. The van der Waals surface area contributed by atoms with Gasteiger partial charge in [0.25, 0.3) is 0 Å². The first kappa shape index (κ1) is 17.9. The topological polar surface area (TPSA) is 43.4 Å². The molecule has 0 atom stereocenters.